The van der Waals surface area contributed by atoms with E-state index in [1.165, 1.54) is 12.1 Å². The number of anilines is 1. The summed E-state index contributed by atoms with van der Waals surface area (Å²) in [6, 6.07) is 4.85. The Kier molecular flexibility index (Phi) is 2.18. The molecule has 1 amide bonds. The van der Waals surface area contributed by atoms with Crippen molar-refractivity contribution in [2.24, 2.45) is 0 Å². The molecule has 0 saturated carbocycles. The summed E-state index contributed by atoms with van der Waals surface area (Å²) in [5.74, 6) is -0.408. The maximum atomic E-state index is 11.6. The van der Waals surface area contributed by atoms with Gasteiger partial charge >= 0.3 is 0 Å². The summed E-state index contributed by atoms with van der Waals surface area (Å²) in [6.07, 6.45) is 0.303. The summed E-state index contributed by atoms with van der Waals surface area (Å²) in [4.78, 5) is 26.6. The Morgan fingerprint density at radius 3 is 2.87 bits per heavy atom. The monoisotopic (exact) mass is 201 g/mol. The standard InChI is InChI=1S/C10H7N3O2/c11-5-6-1-2-7-10(12-6)8(14)3-4-9(15)13-7/h1-2H,3-4H2,(H,13,15). The summed E-state index contributed by atoms with van der Waals surface area (Å²) >= 11 is 0. The van der Waals surface area contributed by atoms with E-state index in [4.69, 9.17) is 5.26 Å². The largest absolute Gasteiger partial charge is 0.324 e. The van der Waals surface area contributed by atoms with E-state index < -0.39 is 0 Å². The number of Topliss-reactive ketones (excluding diaryl/α,β-unsaturated/α-hetero) is 1. The summed E-state index contributed by atoms with van der Waals surface area (Å²) in [5, 5.41) is 11.2. The van der Waals surface area contributed by atoms with Crippen molar-refractivity contribution in [3.8, 4) is 6.07 Å². The average molecular weight is 201 g/mol. The third kappa shape index (κ3) is 1.70. The van der Waals surface area contributed by atoms with Crippen LogP contribution in [0.2, 0.25) is 0 Å². The first kappa shape index (κ1) is 9.34. The highest BCUT2D eigenvalue weighted by Crippen LogP contribution is 2.20. The summed E-state index contributed by atoms with van der Waals surface area (Å²) in [7, 11) is 0. The number of pyridine rings is 1. The molecule has 1 aliphatic rings. The second-order valence-electron chi connectivity index (χ2n) is 3.18. The van der Waals surface area contributed by atoms with Crippen molar-refractivity contribution in [2.45, 2.75) is 12.8 Å². The van der Waals surface area contributed by atoms with Crippen LogP contribution < -0.4 is 5.32 Å². The number of amides is 1. The van der Waals surface area contributed by atoms with Crippen LogP contribution in [0.4, 0.5) is 5.69 Å². The average Bonchev–Trinajstić information content (AvgIpc) is 2.39. The number of nitrogens with zero attached hydrogens (tertiary/aromatic N) is 2. The van der Waals surface area contributed by atoms with E-state index in [2.05, 4.69) is 10.3 Å². The van der Waals surface area contributed by atoms with Gasteiger partial charge in [-0.2, -0.15) is 5.26 Å². The van der Waals surface area contributed by atoms with Crippen LogP contribution in [-0.2, 0) is 4.79 Å². The summed E-state index contributed by atoms with van der Waals surface area (Å²) in [6.45, 7) is 0. The van der Waals surface area contributed by atoms with Gasteiger partial charge in [0.1, 0.15) is 17.5 Å². The first-order valence-electron chi connectivity index (χ1n) is 4.45. The van der Waals surface area contributed by atoms with Gasteiger partial charge in [-0.3, -0.25) is 9.59 Å². The minimum absolute atomic E-state index is 0.140. The van der Waals surface area contributed by atoms with Gasteiger partial charge in [-0.1, -0.05) is 0 Å². The molecule has 5 nitrogen and oxygen atoms in total. The van der Waals surface area contributed by atoms with Gasteiger partial charge in [0.15, 0.2) is 5.78 Å². The van der Waals surface area contributed by atoms with Crippen LogP contribution in [0.5, 0.6) is 0 Å². The Hall–Kier alpha value is -2.22. The smallest absolute Gasteiger partial charge is 0.224 e. The van der Waals surface area contributed by atoms with Gasteiger partial charge in [-0.05, 0) is 12.1 Å². The van der Waals surface area contributed by atoms with Crippen molar-refractivity contribution in [2.75, 3.05) is 5.32 Å². The SMILES string of the molecule is N#Cc1ccc2c(n1)C(=O)CCC(=O)N2. The number of nitrogens with one attached hydrogen (secondary N) is 1. The molecule has 2 heterocycles. The van der Waals surface area contributed by atoms with Crippen LogP contribution in [0.1, 0.15) is 29.0 Å². The lowest BCUT2D eigenvalue weighted by Gasteiger charge is -2.03. The molecular formula is C10H7N3O2. The quantitative estimate of drug-likeness (QED) is 0.675. The van der Waals surface area contributed by atoms with E-state index in [-0.39, 0.29) is 35.9 Å². The van der Waals surface area contributed by atoms with Crippen LogP contribution in [0.25, 0.3) is 0 Å². The Bertz CT molecular complexity index is 488. The van der Waals surface area contributed by atoms with Gasteiger partial charge in [-0.25, -0.2) is 4.98 Å². The van der Waals surface area contributed by atoms with Crippen LogP contribution in [0, 0.1) is 11.3 Å². The first-order chi connectivity index (χ1) is 7.20. The number of aromatic nitrogens is 1. The van der Waals surface area contributed by atoms with Gasteiger partial charge in [0, 0.05) is 12.8 Å². The summed E-state index contributed by atoms with van der Waals surface area (Å²) < 4.78 is 0. The van der Waals surface area contributed by atoms with Gasteiger partial charge < -0.3 is 5.32 Å². The molecule has 0 spiro atoms. The van der Waals surface area contributed by atoms with Gasteiger partial charge in [0.2, 0.25) is 5.91 Å². The van der Waals surface area contributed by atoms with Gasteiger partial charge in [-0.15, -0.1) is 0 Å². The molecule has 0 bridgehead atoms. The number of carbonyl (C=O) groups excluding carboxylic acids is 2. The minimum atomic E-state index is -0.208. The number of hydrogen-bond acceptors (Lipinski definition) is 4. The number of rotatable bonds is 0. The molecule has 74 valence electrons. The Morgan fingerprint density at radius 1 is 1.33 bits per heavy atom. The second kappa shape index (κ2) is 3.50. The van der Waals surface area contributed by atoms with Crippen LogP contribution >= 0.6 is 0 Å². The second-order valence-corrected chi connectivity index (χ2v) is 3.18. The predicted octanol–water partition coefficient (Wildman–Crippen LogP) is 0.868. The third-order valence-corrected chi connectivity index (χ3v) is 2.13. The molecule has 1 aliphatic heterocycles. The lowest BCUT2D eigenvalue weighted by Crippen LogP contribution is -2.09. The molecule has 0 saturated heterocycles. The summed E-state index contributed by atoms with van der Waals surface area (Å²) in [5.41, 5.74) is 0.750. The van der Waals surface area contributed by atoms with Crippen LogP contribution in [0.15, 0.2) is 12.1 Å². The van der Waals surface area contributed by atoms with Crippen molar-refractivity contribution in [1.82, 2.24) is 4.98 Å². The third-order valence-electron chi connectivity index (χ3n) is 2.13. The van der Waals surface area contributed by atoms with Crippen molar-refractivity contribution in [3.05, 3.63) is 23.5 Å². The highest BCUT2D eigenvalue weighted by Gasteiger charge is 2.20. The van der Waals surface area contributed by atoms with Gasteiger partial charge in [0.25, 0.3) is 0 Å². The fourth-order valence-corrected chi connectivity index (χ4v) is 1.39. The van der Waals surface area contributed by atoms with E-state index in [1.54, 1.807) is 0 Å². The number of carbonyl (C=O) groups is 2. The lowest BCUT2D eigenvalue weighted by molar-refractivity contribution is -0.116. The Morgan fingerprint density at radius 2 is 2.13 bits per heavy atom. The zero-order valence-corrected chi connectivity index (χ0v) is 7.78. The zero-order valence-electron chi connectivity index (χ0n) is 7.78. The minimum Gasteiger partial charge on any atom is -0.324 e. The fourth-order valence-electron chi connectivity index (χ4n) is 1.39. The van der Waals surface area contributed by atoms with Crippen molar-refractivity contribution >= 4 is 17.4 Å². The van der Waals surface area contributed by atoms with Gasteiger partial charge in [0.05, 0.1) is 5.69 Å². The number of nitriles is 1. The molecule has 5 heteroatoms. The zero-order chi connectivity index (χ0) is 10.8. The molecule has 0 fully saturated rings. The number of fused-ring (bicyclic) bond motifs is 1. The van der Waals surface area contributed by atoms with E-state index in [0.717, 1.165) is 0 Å². The molecule has 1 aromatic heterocycles. The number of hydrogen-bond donors (Lipinski definition) is 1. The molecule has 15 heavy (non-hydrogen) atoms. The molecule has 0 aromatic carbocycles. The molecular weight excluding hydrogens is 194 g/mol. The Labute approximate surface area is 85.7 Å². The Balaban J connectivity index is 2.54. The fraction of sp³-hybridized carbons (Fsp3) is 0.200. The molecule has 2 rings (SSSR count). The topological polar surface area (TPSA) is 82.8 Å². The normalized spacial score (nSPS) is 14.9. The first-order valence-corrected chi connectivity index (χ1v) is 4.45. The maximum Gasteiger partial charge on any atom is 0.224 e. The van der Waals surface area contributed by atoms with E-state index >= 15 is 0 Å². The number of ketones is 1. The van der Waals surface area contributed by atoms with Crippen molar-refractivity contribution in [1.29, 1.82) is 5.26 Å². The molecule has 0 unspecified atom stereocenters. The lowest BCUT2D eigenvalue weighted by atomic mass is 10.1. The van der Waals surface area contributed by atoms with E-state index in [1.807, 2.05) is 6.07 Å². The van der Waals surface area contributed by atoms with Crippen molar-refractivity contribution < 1.29 is 9.59 Å². The van der Waals surface area contributed by atoms with E-state index in [0.29, 0.717) is 5.69 Å². The molecule has 0 radical (unpaired) electrons. The van der Waals surface area contributed by atoms with Crippen LogP contribution in [0.3, 0.4) is 0 Å². The molecule has 0 aliphatic carbocycles. The highest BCUT2D eigenvalue weighted by molar-refractivity contribution is 6.07. The molecule has 1 N–H and O–H groups in total. The molecule has 1 aromatic rings. The molecule has 0 atom stereocenters. The predicted molar refractivity (Wildman–Crippen MR) is 51.1 cm³/mol. The van der Waals surface area contributed by atoms with E-state index in [9.17, 15) is 9.59 Å². The highest BCUT2D eigenvalue weighted by atomic mass is 16.2. The van der Waals surface area contributed by atoms with Crippen LogP contribution in [-0.4, -0.2) is 16.7 Å². The van der Waals surface area contributed by atoms with Crippen molar-refractivity contribution in [3.63, 3.8) is 0 Å². The maximum absolute atomic E-state index is 11.6.